The van der Waals surface area contributed by atoms with Gasteiger partial charge in [-0.2, -0.15) is 11.3 Å². The Hall–Kier alpha value is -1.87. The van der Waals surface area contributed by atoms with Gasteiger partial charge in [0.15, 0.2) is 5.78 Å². The molecule has 2 nitrogen and oxygen atoms in total. The summed E-state index contributed by atoms with van der Waals surface area (Å²) >= 11 is 1.68. The summed E-state index contributed by atoms with van der Waals surface area (Å²) in [6.07, 6.45) is 5.84. The maximum Gasteiger partial charge on any atom is 0.161 e. The van der Waals surface area contributed by atoms with Crippen LogP contribution in [0.4, 0.5) is 0 Å². The molecule has 0 aromatic rings. The first-order valence-corrected chi connectivity index (χ1v) is 6.40. The monoisotopic (exact) mass is 241 g/mol. The average Bonchev–Trinajstić information content (AvgIpc) is 2.66. The van der Waals surface area contributed by atoms with E-state index in [1.807, 2.05) is 12.3 Å². The summed E-state index contributed by atoms with van der Waals surface area (Å²) in [6.45, 7) is 0. The number of fused-ring (bicyclic) bond motifs is 1. The molecule has 0 unspecified atom stereocenters. The van der Waals surface area contributed by atoms with Gasteiger partial charge in [0, 0.05) is 23.8 Å². The zero-order valence-electron chi connectivity index (χ0n) is 9.14. The van der Waals surface area contributed by atoms with E-state index >= 15 is 0 Å². The number of carbonyl (C=O) groups excluding carboxylic acids is 1. The lowest BCUT2D eigenvalue weighted by Gasteiger charge is -2.07. The number of allylic oxidation sites excluding steroid dienone is 2. The van der Waals surface area contributed by atoms with Crippen molar-refractivity contribution >= 4 is 22.8 Å². The fourth-order valence-electron chi connectivity index (χ4n) is 1.99. The highest BCUT2D eigenvalue weighted by Crippen LogP contribution is 2.33. The third kappa shape index (κ3) is 1.89. The third-order valence-corrected chi connectivity index (χ3v) is 3.49. The van der Waals surface area contributed by atoms with Gasteiger partial charge in [0.2, 0.25) is 0 Å². The zero-order valence-corrected chi connectivity index (χ0v) is 9.96. The van der Waals surface area contributed by atoms with E-state index in [9.17, 15) is 4.79 Å². The Bertz CT molecular complexity index is 594. The van der Waals surface area contributed by atoms with Gasteiger partial charge in [-0.15, -0.1) is 0 Å². The van der Waals surface area contributed by atoms with E-state index in [1.54, 1.807) is 17.4 Å². The number of ketones is 1. The van der Waals surface area contributed by atoms with Crippen LogP contribution in [0, 0.1) is 0 Å². The van der Waals surface area contributed by atoms with Crippen molar-refractivity contribution < 1.29 is 4.79 Å². The van der Waals surface area contributed by atoms with Gasteiger partial charge in [-0.05, 0) is 34.2 Å². The maximum atomic E-state index is 11.6. The maximum absolute atomic E-state index is 11.6. The average molecular weight is 241 g/mol. The van der Waals surface area contributed by atoms with Crippen molar-refractivity contribution in [2.45, 2.75) is 6.42 Å². The van der Waals surface area contributed by atoms with Crippen LogP contribution in [0.3, 0.4) is 0 Å². The molecule has 3 aliphatic rings. The Morgan fingerprint density at radius 3 is 3.06 bits per heavy atom. The van der Waals surface area contributed by atoms with Crippen LogP contribution < -0.4 is 5.32 Å². The van der Waals surface area contributed by atoms with E-state index in [0.29, 0.717) is 6.42 Å². The Balaban J connectivity index is 2.10. The molecular formula is C14H11NOS. The SMILES string of the molecule is O=C1C=C(c2ccc3csccc2-3)NC=CC1. The molecule has 0 saturated heterocycles. The molecule has 0 fully saturated rings. The van der Waals surface area contributed by atoms with Crippen molar-refractivity contribution in [2.24, 2.45) is 0 Å². The predicted octanol–water partition coefficient (Wildman–Crippen LogP) is 3.27. The summed E-state index contributed by atoms with van der Waals surface area (Å²) in [5.41, 5.74) is 4.38. The topological polar surface area (TPSA) is 29.1 Å². The van der Waals surface area contributed by atoms with Gasteiger partial charge in [-0.1, -0.05) is 18.2 Å². The fraction of sp³-hybridized carbons (Fsp3) is 0.0714. The number of rotatable bonds is 1. The van der Waals surface area contributed by atoms with E-state index in [-0.39, 0.29) is 5.78 Å². The Morgan fingerprint density at radius 1 is 1.18 bits per heavy atom. The predicted molar refractivity (Wildman–Crippen MR) is 70.8 cm³/mol. The van der Waals surface area contributed by atoms with Gasteiger partial charge >= 0.3 is 0 Å². The minimum Gasteiger partial charge on any atom is -0.361 e. The quantitative estimate of drug-likeness (QED) is 0.830. The van der Waals surface area contributed by atoms with Crippen LogP contribution in [0.2, 0.25) is 0 Å². The second-order valence-electron chi connectivity index (χ2n) is 3.95. The molecular weight excluding hydrogens is 230 g/mol. The molecule has 2 aliphatic heterocycles. The van der Waals surface area contributed by atoms with Gasteiger partial charge in [0.05, 0.1) is 0 Å². The summed E-state index contributed by atoms with van der Waals surface area (Å²) in [5, 5.41) is 7.34. The molecule has 0 aromatic heterocycles. The van der Waals surface area contributed by atoms with Crippen LogP contribution >= 0.6 is 11.3 Å². The molecule has 3 rings (SSSR count). The summed E-state index contributed by atoms with van der Waals surface area (Å²) in [6, 6.07) is 6.24. The van der Waals surface area contributed by atoms with Gasteiger partial charge in [0.25, 0.3) is 0 Å². The molecule has 0 atom stereocenters. The molecule has 0 aromatic carbocycles. The van der Waals surface area contributed by atoms with E-state index in [2.05, 4.69) is 34.3 Å². The molecule has 2 heterocycles. The lowest BCUT2D eigenvalue weighted by molar-refractivity contribution is -0.113. The van der Waals surface area contributed by atoms with Crippen LogP contribution in [-0.4, -0.2) is 5.78 Å². The summed E-state index contributed by atoms with van der Waals surface area (Å²) in [4.78, 5) is 11.6. The molecule has 84 valence electrons. The molecule has 3 heteroatoms. The van der Waals surface area contributed by atoms with E-state index in [1.165, 1.54) is 11.1 Å². The summed E-state index contributed by atoms with van der Waals surface area (Å²) in [7, 11) is 0. The van der Waals surface area contributed by atoms with Gasteiger partial charge < -0.3 is 5.32 Å². The molecule has 0 bridgehead atoms. The number of hydrogen-bond donors (Lipinski definition) is 1. The standard InChI is InChI=1S/C14H11NOS/c16-11-2-1-6-15-14(8-11)13-4-3-10-9-17-7-5-12(10)13/h1,3-9,15H,2H2. The third-order valence-electron chi connectivity index (χ3n) is 2.81. The highest BCUT2D eigenvalue weighted by molar-refractivity contribution is 7.07. The van der Waals surface area contributed by atoms with Gasteiger partial charge in [-0.25, -0.2) is 0 Å². The molecule has 17 heavy (non-hydrogen) atoms. The lowest BCUT2D eigenvalue weighted by Crippen LogP contribution is -2.03. The van der Waals surface area contributed by atoms with Crippen molar-refractivity contribution in [3.8, 4) is 11.1 Å². The summed E-state index contributed by atoms with van der Waals surface area (Å²) < 4.78 is 0. The molecule has 0 spiro atoms. The first-order valence-electron chi connectivity index (χ1n) is 5.46. The Kier molecular flexibility index (Phi) is 2.53. The second-order valence-corrected chi connectivity index (χ2v) is 4.73. The Morgan fingerprint density at radius 2 is 2.12 bits per heavy atom. The second kappa shape index (κ2) is 4.18. The van der Waals surface area contributed by atoms with Crippen LogP contribution in [0.5, 0.6) is 0 Å². The molecule has 1 N–H and O–H groups in total. The zero-order chi connectivity index (χ0) is 11.7. The smallest absolute Gasteiger partial charge is 0.161 e. The molecule has 1 aliphatic carbocycles. The highest BCUT2D eigenvalue weighted by Gasteiger charge is 2.13. The number of hydrogen-bond acceptors (Lipinski definition) is 3. The fourth-order valence-corrected chi connectivity index (χ4v) is 2.64. The van der Waals surface area contributed by atoms with E-state index < -0.39 is 0 Å². The largest absolute Gasteiger partial charge is 0.361 e. The molecule has 0 amide bonds. The van der Waals surface area contributed by atoms with E-state index in [0.717, 1.165) is 11.3 Å². The van der Waals surface area contributed by atoms with Crippen LogP contribution in [-0.2, 0) is 4.79 Å². The van der Waals surface area contributed by atoms with Crippen LogP contribution in [0.15, 0.2) is 47.3 Å². The van der Waals surface area contributed by atoms with Gasteiger partial charge in [-0.3, -0.25) is 4.79 Å². The normalized spacial score (nSPS) is 15.5. The minimum absolute atomic E-state index is 0.134. The lowest BCUT2D eigenvalue weighted by atomic mass is 10.1. The highest BCUT2D eigenvalue weighted by atomic mass is 32.1. The van der Waals surface area contributed by atoms with Crippen molar-refractivity contribution in [3.05, 3.63) is 52.9 Å². The van der Waals surface area contributed by atoms with Crippen LogP contribution in [0.25, 0.3) is 16.8 Å². The van der Waals surface area contributed by atoms with Crippen molar-refractivity contribution in [1.82, 2.24) is 5.32 Å². The first kappa shape index (κ1) is 10.3. The Labute approximate surface area is 104 Å². The molecule has 0 saturated carbocycles. The van der Waals surface area contributed by atoms with Crippen LogP contribution in [0.1, 0.15) is 12.0 Å². The summed E-state index contributed by atoms with van der Waals surface area (Å²) in [5.74, 6) is 0.134. The molecule has 0 radical (unpaired) electrons. The van der Waals surface area contributed by atoms with Crippen molar-refractivity contribution in [1.29, 1.82) is 0 Å². The number of nitrogens with one attached hydrogen (secondary N) is 1. The minimum atomic E-state index is 0.134. The van der Waals surface area contributed by atoms with Crippen molar-refractivity contribution in [3.63, 3.8) is 0 Å². The first-order chi connectivity index (χ1) is 8.34. The van der Waals surface area contributed by atoms with Gasteiger partial charge in [0.1, 0.15) is 0 Å². The van der Waals surface area contributed by atoms with Crippen molar-refractivity contribution in [2.75, 3.05) is 0 Å². The number of carbonyl (C=O) groups is 1. The van der Waals surface area contributed by atoms with E-state index in [4.69, 9.17) is 0 Å².